The third-order valence-electron chi connectivity index (χ3n) is 6.87. The quantitative estimate of drug-likeness (QED) is 0.747. The number of amides is 1. The Balaban J connectivity index is 1.45. The second-order valence-corrected chi connectivity index (χ2v) is 8.97. The molecule has 1 atom stereocenters. The normalized spacial score (nSPS) is 31.2. The van der Waals surface area contributed by atoms with Crippen LogP contribution in [0.5, 0.6) is 17.2 Å². The minimum atomic E-state index is -0.351. The molecule has 0 radical (unpaired) electrons. The van der Waals surface area contributed by atoms with E-state index in [0.717, 1.165) is 42.7 Å². The average molecular weight is 389 g/mol. The van der Waals surface area contributed by atoms with Gasteiger partial charge in [0.1, 0.15) is 6.04 Å². The summed E-state index contributed by atoms with van der Waals surface area (Å²) in [4.78, 5) is 13.0. The summed E-state index contributed by atoms with van der Waals surface area (Å²) < 4.78 is 16.2. The second-order valence-electron chi connectivity index (χ2n) is 8.97. The van der Waals surface area contributed by atoms with Crippen molar-refractivity contribution in [2.24, 2.45) is 17.8 Å². The first-order valence-electron chi connectivity index (χ1n) is 10.3. The number of hydrogen-bond donors (Lipinski definition) is 2. The third kappa shape index (κ3) is 3.49. The number of benzene rings is 1. The SMILES string of the molecule is COc1cc(N[C@@H](C)C(=O)NC23CC4CC(CC(C4)C2)C3)cc(OC)c1OC. The van der Waals surface area contributed by atoms with Crippen molar-refractivity contribution in [3.63, 3.8) is 0 Å². The molecular formula is C22H32N2O4. The molecule has 5 rings (SSSR count). The molecule has 154 valence electrons. The molecule has 1 amide bonds. The van der Waals surface area contributed by atoms with Gasteiger partial charge in [-0.3, -0.25) is 4.79 Å². The highest BCUT2D eigenvalue weighted by Gasteiger charge is 2.51. The lowest BCUT2D eigenvalue weighted by molar-refractivity contribution is -0.127. The summed E-state index contributed by atoms with van der Waals surface area (Å²) in [7, 11) is 4.75. The highest BCUT2D eigenvalue weighted by atomic mass is 16.5. The molecular weight excluding hydrogens is 356 g/mol. The molecule has 4 saturated carbocycles. The van der Waals surface area contributed by atoms with E-state index < -0.39 is 0 Å². The van der Waals surface area contributed by atoms with Crippen molar-refractivity contribution in [2.75, 3.05) is 26.6 Å². The van der Waals surface area contributed by atoms with Crippen LogP contribution in [-0.4, -0.2) is 38.8 Å². The lowest BCUT2D eigenvalue weighted by Gasteiger charge is -2.57. The molecule has 6 nitrogen and oxygen atoms in total. The summed E-state index contributed by atoms with van der Waals surface area (Å²) in [6, 6.07) is 3.31. The van der Waals surface area contributed by atoms with Crippen LogP contribution < -0.4 is 24.8 Å². The number of rotatable bonds is 7. The second kappa shape index (κ2) is 7.37. The Labute approximate surface area is 167 Å². The zero-order valence-electron chi connectivity index (χ0n) is 17.3. The van der Waals surface area contributed by atoms with Crippen LogP contribution in [0, 0.1) is 17.8 Å². The van der Waals surface area contributed by atoms with Crippen molar-refractivity contribution in [3.05, 3.63) is 12.1 Å². The van der Waals surface area contributed by atoms with Crippen LogP contribution in [0.2, 0.25) is 0 Å². The Kier molecular flexibility index (Phi) is 5.06. The van der Waals surface area contributed by atoms with Crippen molar-refractivity contribution in [2.45, 2.75) is 57.0 Å². The van der Waals surface area contributed by atoms with Gasteiger partial charge in [-0.15, -0.1) is 0 Å². The fourth-order valence-corrected chi connectivity index (χ4v) is 6.11. The van der Waals surface area contributed by atoms with Crippen molar-refractivity contribution in [3.8, 4) is 17.2 Å². The molecule has 2 N–H and O–H groups in total. The topological polar surface area (TPSA) is 68.8 Å². The van der Waals surface area contributed by atoms with Crippen LogP contribution >= 0.6 is 0 Å². The summed E-state index contributed by atoms with van der Waals surface area (Å²) in [6.07, 6.45) is 7.57. The number of anilines is 1. The smallest absolute Gasteiger partial charge is 0.242 e. The van der Waals surface area contributed by atoms with Crippen molar-refractivity contribution < 1.29 is 19.0 Å². The summed E-state index contributed by atoms with van der Waals surface area (Å²) in [5.41, 5.74) is 0.791. The monoisotopic (exact) mass is 388 g/mol. The van der Waals surface area contributed by atoms with E-state index in [1.165, 1.54) is 19.3 Å². The lowest BCUT2D eigenvalue weighted by Crippen LogP contribution is -2.61. The predicted octanol–water partition coefficient (Wildman–Crippen LogP) is 3.60. The molecule has 4 bridgehead atoms. The molecule has 6 heteroatoms. The summed E-state index contributed by atoms with van der Waals surface area (Å²) in [6.45, 7) is 1.90. The van der Waals surface area contributed by atoms with Gasteiger partial charge in [0.25, 0.3) is 0 Å². The maximum absolute atomic E-state index is 13.0. The maximum atomic E-state index is 13.0. The number of ether oxygens (including phenoxy) is 3. The van der Waals surface area contributed by atoms with Crippen LogP contribution in [0.15, 0.2) is 12.1 Å². The highest BCUT2D eigenvalue weighted by Crippen LogP contribution is 2.55. The Bertz CT molecular complexity index is 688. The molecule has 28 heavy (non-hydrogen) atoms. The van der Waals surface area contributed by atoms with Crippen LogP contribution in [0.3, 0.4) is 0 Å². The summed E-state index contributed by atoms with van der Waals surface area (Å²) in [5.74, 6) is 4.17. The Morgan fingerprint density at radius 2 is 1.46 bits per heavy atom. The number of carbonyl (C=O) groups excluding carboxylic acids is 1. The van der Waals surface area contributed by atoms with E-state index in [0.29, 0.717) is 17.2 Å². The molecule has 0 saturated heterocycles. The van der Waals surface area contributed by atoms with Crippen LogP contribution in [0.25, 0.3) is 0 Å². The number of hydrogen-bond acceptors (Lipinski definition) is 5. The average Bonchev–Trinajstić information content (AvgIpc) is 2.65. The Hall–Kier alpha value is -2.11. The Morgan fingerprint density at radius 3 is 1.89 bits per heavy atom. The molecule has 0 heterocycles. The zero-order valence-corrected chi connectivity index (χ0v) is 17.3. The molecule has 0 spiro atoms. The van der Waals surface area contributed by atoms with Gasteiger partial charge in [0.2, 0.25) is 11.7 Å². The van der Waals surface area contributed by atoms with Gasteiger partial charge in [0.15, 0.2) is 11.5 Å². The van der Waals surface area contributed by atoms with Crippen LogP contribution in [-0.2, 0) is 4.79 Å². The number of nitrogens with one attached hydrogen (secondary N) is 2. The fraction of sp³-hybridized carbons (Fsp3) is 0.682. The summed E-state index contributed by atoms with van der Waals surface area (Å²) >= 11 is 0. The highest BCUT2D eigenvalue weighted by molar-refractivity contribution is 5.85. The first kappa shape index (κ1) is 19.2. The van der Waals surface area contributed by atoms with Crippen molar-refractivity contribution in [1.29, 1.82) is 0 Å². The molecule has 0 aromatic heterocycles. The number of methoxy groups -OCH3 is 3. The fourth-order valence-electron chi connectivity index (χ4n) is 6.11. The molecule has 4 aliphatic carbocycles. The minimum Gasteiger partial charge on any atom is -0.493 e. The molecule has 1 aromatic rings. The molecule has 0 aliphatic heterocycles. The van der Waals surface area contributed by atoms with Gasteiger partial charge < -0.3 is 24.8 Å². The minimum absolute atomic E-state index is 0.0249. The first-order valence-corrected chi connectivity index (χ1v) is 10.3. The van der Waals surface area contributed by atoms with E-state index >= 15 is 0 Å². The van der Waals surface area contributed by atoms with Gasteiger partial charge in [-0.2, -0.15) is 0 Å². The van der Waals surface area contributed by atoms with Crippen molar-refractivity contribution in [1.82, 2.24) is 5.32 Å². The van der Waals surface area contributed by atoms with Gasteiger partial charge in [0, 0.05) is 23.4 Å². The van der Waals surface area contributed by atoms with Crippen LogP contribution in [0.1, 0.15) is 45.4 Å². The molecule has 4 fully saturated rings. The van der Waals surface area contributed by atoms with E-state index in [9.17, 15) is 4.79 Å². The van der Waals surface area contributed by atoms with Crippen molar-refractivity contribution >= 4 is 11.6 Å². The largest absolute Gasteiger partial charge is 0.493 e. The number of carbonyl (C=O) groups is 1. The molecule has 4 aliphatic rings. The molecule has 0 unspecified atom stereocenters. The van der Waals surface area contributed by atoms with E-state index in [4.69, 9.17) is 14.2 Å². The van der Waals surface area contributed by atoms with Gasteiger partial charge in [0.05, 0.1) is 21.3 Å². The first-order chi connectivity index (χ1) is 13.4. The van der Waals surface area contributed by atoms with E-state index in [-0.39, 0.29) is 17.5 Å². The van der Waals surface area contributed by atoms with Crippen LogP contribution in [0.4, 0.5) is 5.69 Å². The van der Waals surface area contributed by atoms with Gasteiger partial charge in [-0.05, 0) is 63.2 Å². The van der Waals surface area contributed by atoms with E-state index in [2.05, 4.69) is 10.6 Å². The predicted molar refractivity (Wildman–Crippen MR) is 108 cm³/mol. The van der Waals surface area contributed by atoms with Gasteiger partial charge in [-0.25, -0.2) is 0 Å². The van der Waals surface area contributed by atoms with Gasteiger partial charge in [-0.1, -0.05) is 0 Å². The standard InChI is InChI=1S/C22H32N2O4/c1-13(23-17-8-18(26-2)20(28-4)19(9-17)27-3)21(25)24-22-10-14-5-15(11-22)7-16(6-14)12-22/h8-9,13-16,23H,5-7,10-12H2,1-4H3,(H,24,25)/t13-,14?,15?,16?,22?/m0/s1. The van der Waals surface area contributed by atoms with Gasteiger partial charge >= 0.3 is 0 Å². The Morgan fingerprint density at radius 1 is 0.964 bits per heavy atom. The summed E-state index contributed by atoms with van der Waals surface area (Å²) in [5, 5.41) is 6.73. The lowest BCUT2D eigenvalue weighted by atomic mass is 9.53. The van der Waals surface area contributed by atoms with E-state index in [1.807, 2.05) is 19.1 Å². The maximum Gasteiger partial charge on any atom is 0.242 e. The van der Waals surface area contributed by atoms with E-state index in [1.54, 1.807) is 21.3 Å². The molecule has 1 aromatic carbocycles. The third-order valence-corrected chi connectivity index (χ3v) is 6.87. The zero-order chi connectivity index (χ0) is 19.9.